The Kier molecular flexibility index (Phi) is 12.1. The normalized spacial score (nSPS) is 12.9. The fourth-order valence-corrected chi connectivity index (χ4v) is 4.37. The number of carboxylic acid groups (broad SMARTS) is 1. The van der Waals surface area contributed by atoms with Gasteiger partial charge in [0.25, 0.3) is 11.9 Å². The smallest absolute Gasteiger partial charge is 0.300 e. The van der Waals surface area contributed by atoms with Crippen molar-refractivity contribution in [2.75, 3.05) is 24.5 Å². The van der Waals surface area contributed by atoms with Gasteiger partial charge in [-0.25, -0.2) is 13.8 Å². The molecule has 214 valence electrons. The summed E-state index contributed by atoms with van der Waals surface area (Å²) in [6.45, 7) is 13.5. The van der Waals surface area contributed by atoms with Crippen LogP contribution in [0, 0.1) is 11.6 Å². The average molecular weight is 566 g/mol. The average Bonchev–Trinajstić information content (AvgIpc) is 3.35. The molecule has 1 amide bonds. The Bertz CT molecular complexity index is 1250. The van der Waals surface area contributed by atoms with E-state index in [9.17, 15) is 13.6 Å². The molecule has 1 fully saturated rings. The van der Waals surface area contributed by atoms with Gasteiger partial charge in [-0.05, 0) is 51.7 Å². The SMILES string of the molecule is CC.CC(=O)O.CCCN(c1cc(-c2cc(F)c(Cl)c(F)c2)nc2cc(C(=O)N3CCCCC3)nn12)C(C)C. The van der Waals surface area contributed by atoms with Crippen LogP contribution >= 0.6 is 11.6 Å². The van der Waals surface area contributed by atoms with E-state index < -0.39 is 22.6 Å². The number of hydrogen-bond donors (Lipinski definition) is 1. The summed E-state index contributed by atoms with van der Waals surface area (Å²) >= 11 is 5.67. The maximum absolute atomic E-state index is 14.2. The van der Waals surface area contributed by atoms with Gasteiger partial charge in [0.1, 0.15) is 22.5 Å². The molecule has 3 aromatic rings. The molecule has 0 atom stereocenters. The number of nitrogens with zero attached hydrogens (tertiary/aromatic N) is 5. The maximum atomic E-state index is 14.2. The molecular weight excluding hydrogens is 528 g/mol. The molecule has 4 rings (SSSR count). The third-order valence-electron chi connectivity index (χ3n) is 5.93. The van der Waals surface area contributed by atoms with E-state index in [1.54, 1.807) is 16.6 Å². The predicted molar refractivity (Wildman–Crippen MR) is 151 cm³/mol. The van der Waals surface area contributed by atoms with Gasteiger partial charge in [0.15, 0.2) is 11.3 Å². The Morgan fingerprint density at radius 3 is 2.15 bits per heavy atom. The minimum atomic E-state index is -0.848. The van der Waals surface area contributed by atoms with E-state index in [1.807, 2.05) is 18.7 Å². The molecule has 0 aliphatic carbocycles. The Balaban J connectivity index is 0.000000815. The number of amides is 1. The highest BCUT2D eigenvalue weighted by Crippen LogP contribution is 2.30. The highest BCUT2D eigenvalue weighted by atomic mass is 35.5. The van der Waals surface area contributed by atoms with Crippen LogP contribution in [0.3, 0.4) is 0 Å². The van der Waals surface area contributed by atoms with Gasteiger partial charge >= 0.3 is 0 Å². The van der Waals surface area contributed by atoms with Gasteiger partial charge in [-0.2, -0.15) is 9.61 Å². The molecule has 11 heteroatoms. The van der Waals surface area contributed by atoms with Crippen molar-refractivity contribution in [3.63, 3.8) is 0 Å². The van der Waals surface area contributed by atoms with Crippen LogP contribution in [0.5, 0.6) is 0 Å². The first-order chi connectivity index (χ1) is 18.5. The van der Waals surface area contributed by atoms with E-state index in [1.165, 1.54) is 12.1 Å². The third kappa shape index (κ3) is 8.11. The topological polar surface area (TPSA) is 91.0 Å². The number of aromatic nitrogens is 3. The van der Waals surface area contributed by atoms with Gasteiger partial charge in [-0.1, -0.05) is 32.4 Å². The zero-order valence-corrected chi connectivity index (χ0v) is 24.2. The van der Waals surface area contributed by atoms with E-state index in [0.29, 0.717) is 22.9 Å². The molecule has 1 saturated heterocycles. The van der Waals surface area contributed by atoms with Gasteiger partial charge in [-0.15, -0.1) is 0 Å². The maximum Gasteiger partial charge on any atom is 0.300 e. The van der Waals surface area contributed by atoms with Crippen molar-refractivity contribution < 1.29 is 23.5 Å². The second-order valence-electron chi connectivity index (χ2n) is 9.21. The predicted octanol–water partition coefficient (Wildman–Crippen LogP) is 6.70. The first-order valence-electron chi connectivity index (χ1n) is 13.3. The van der Waals surface area contributed by atoms with Crippen LogP contribution in [-0.2, 0) is 4.79 Å². The fourth-order valence-electron chi connectivity index (χ4n) is 4.26. The molecule has 1 N–H and O–H groups in total. The standard InChI is InChI=1S/C24H28ClF2N5O.C2H4O2.C2H6/c1-4-8-31(15(2)3)22-14-19(16-11-17(26)23(25)18(27)12-16)28-21-13-20(29-32(21)22)24(33)30-9-6-5-7-10-30;1-2(3)4;1-2/h11-15H,4-10H2,1-3H3;1H3,(H,3,4);1-2H3. The highest BCUT2D eigenvalue weighted by Gasteiger charge is 2.24. The number of halogens is 3. The summed E-state index contributed by atoms with van der Waals surface area (Å²) in [5.41, 5.74) is 1.41. The zero-order valence-electron chi connectivity index (χ0n) is 23.5. The number of fused-ring (bicyclic) bond motifs is 1. The van der Waals surface area contributed by atoms with E-state index in [-0.39, 0.29) is 17.5 Å². The van der Waals surface area contributed by atoms with Crippen LogP contribution in [0.25, 0.3) is 16.9 Å². The lowest BCUT2D eigenvalue weighted by Gasteiger charge is -2.29. The number of rotatable bonds is 6. The van der Waals surface area contributed by atoms with Gasteiger partial charge in [0.05, 0.1) is 5.69 Å². The number of aliphatic carboxylic acids is 1. The summed E-state index contributed by atoms with van der Waals surface area (Å²) < 4.78 is 30.0. The second kappa shape index (κ2) is 14.8. The Morgan fingerprint density at radius 2 is 1.64 bits per heavy atom. The summed E-state index contributed by atoms with van der Waals surface area (Å²) in [6, 6.07) is 5.88. The number of carboxylic acids is 1. The van der Waals surface area contributed by atoms with Crippen molar-refractivity contribution in [2.45, 2.75) is 73.3 Å². The fraction of sp³-hybridized carbons (Fsp3) is 0.500. The molecular formula is C28H38ClF2N5O3. The monoisotopic (exact) mass is 565 g/mol. The first kappa shape index (κ1) is 31.9. The molecule has 3 heterocycles. The van der Waals surface area contributed by atoms with Crippen molar-refractivity contribution >= 4 is 34.9 Å². The number of hydrogen-bond acceptors (Lipinski definition) is 5. The van der Waals surface area contributed by atoms with E-state index >= 15 is 0 Å². The first-order valence-corrected chi connectivity index (χ1v) is 13.7. The molecule has 0 radical (unpaired) electrons. The molecule has 0 saturated carbocycles. The molecule has 1 aliphatic rings. The van der Waals surface area contributed by atoms with Crippen molar-refractivity contribution in [2.24, 2.45) is 0 Å². The van der Waals surface area contributed by atoms with Crippen molar-refractivity contribution in [3.8, 4) is 11.3 Å². The number of likely N-dealkylation sites (tertiary alicyclic amines) is 1. The summed E-state index contributed by atoms with van der Waals surface area (Å²) in [5.74, 6) is -1.94. The Labute approximate surface area is 233 Å². The van der Waals surface area contributed by atoms with E-state index in [2.05, 4.69) is 35.8 Å². The van der Waals surface area contributed by atoms with Crippen LogP contribution in [0.15, 0.2) is 24.3 Å². The summed E-state index contributed by atoms with van der Waals surface area (Å²) in [7, 11) is 0. The van der Waals surface area contributed by atoms with Gasteiger partial charge in [0.2, 0.25) is 0 Å². The lowest BCUT2D eigenvalue weighted by atomic mass is 10.1. The molecule has 0 spiro atoms. The van der Waals surface area contributed by atoms with Gasteiger partial charge < -0.3 is 14.9 Å². The van der Waals surface area contributed by atoms with Crippen molar-refractivity contribution in [3.05, 3.63) is 46.6 Å². The lowest BCUT2D eigenvalue weighted by molar-refractivity contribution is -0.134. The summed E-state index contributed by atoms with van der Waals surface area (Å²) in [5, 5.41) is 11.5. The Hall–Kier alpha value is -3.27. The van der Waals surface area contributed by atoms with Gasteiger partial charge in [0, 0.05) is 50.3 Å². The molecule has 39 heavy (non-hydrogen) atoms. The van der Waals surface area contributed by atoms with Crippen LogP contribution in [0.2, 0.25) is 5.02 Å². The van der Waals surface area contributed by atoms with Crippen molar-refractivity contribution in [1.29, 1.82) is 0 Å². The zero-order chi connectivity index (χ0) is 29.3. The van der Waals surface area contributed by atoms with Crippen LogP contribution in [0.4, 0.5) is 14.6 Å². The minimum absolute atomic E-state index is 0.122. The molecule has 8 nitrogen and oxygen atoms in total. The quantitative estimate of drug-likeness (QED) is 0.335. The lowest BCUT2D eigenvalue weighted by Crippen LogP contribution is -2.36. The Morgan fingerprint density at radius 1 is 1.08 bits per heavy atom. The second-order valence-corrected chi connectivity index (χ2v) is 9.59. The van der Waals surface area contributed by atoms with Crippen LogP contribution in [0.1, 0.15) is 77.7 Å². The summed E-state index contributed by atoms with van der Waals surface area (Å²) in [4.78, 5) is 30.6. The molecule has 2 aromatic heterocycles. The molecule has 1 aromatic carbocycles. The van der Waals surface area contributed by atoms with Crippen molar-refractivity contribution in [1.82, 2.24) is 19.5 Å². The molecule has 0 unspecified atom stereocenters. The van der Waals surface area contributed by atoms with Crippen LogP contribution < -0.4 is 4.90 Å². The van der Waals surface area contributed by atoms with E-state index in [0.717, 1.165) is 52.2 Å². The number of anilines is 1. The number of piperidine rings is 1. The largest absolute Gasteiger partial charge is 0.481 e. The third-order valence-corrected chi connectivity index (χ3v) is 6.29. The van der Waals surface area contributed by atoms with E-state index in [4.69, 9.17) is 21.5 Å². The molecule has 0 bridgehead atoms. The minimum Gasteiger partial charge on any atom is -0.481 e. The number of benzene rings is 1. The van der Waals surface area contributed by atoms with Crippen LogP contribution in [-0.4, -0.2) is 62.2 Å². The van der Waals surface area contributed by atoms with Gasteiger partial charge in [-0.3, -0.25) is 9.59 Å². The number of carbonyl (C=O) groups is 2. The molecule has 1 aliphatic heterocycles. The highest BCUT2D eigenvalue weighted by molar-refractivity contribution is 6.31. The summed E-state index contributed by atoms with van der Waals surface area (Å²) in [6.07, 6.45) is 3.98. The number of carbonyl (C=O) groups excluding carboxylic acids is 1.